The summed E-state index contributed by atoms with van der Waals surface area (Å²) in [7, 11) is 0. The zero-order valence-corrected chi connectivity index (χ0v) is 10.9. The van der Waals surface area contributed by atoms with E-state index in [0.29, 0.717) is 17.8 Å². The summed E-state index contributed by atoms with van der Waals surface area (Å²) in [6.45, 7) is 0. The van der Waals surface area contributed by atoms with E-state index >= 15 is 0 Å². The number of nitrogens with zero attached hydrogens (tertiary/aromatic N) is 2. The molecule has 0 saturated carbocycles. The molecule has 1 N–H and O–H groups in total. The number of carboxylic acids is 1. The molecule has 0 spiro atoms. The highest BCUT2D eigenvalue weighted by Crippen LogP contribution is 2.36. The zero-order chi connectivity index (χ0) is 15.6. The molecule has 2 rings (SSSR count). The lowest BCUT2D eigenvalue weighted by atomic mass is 10.3. The Balaban J connectivity index is 2.39. The lowest BCUT2D eigenvalue weighted by molar-refractivity contribution is -0.390. The molecule has 1 aromatic heterocycles. The summed E-state index contributed by atoms with van der Waals surface area (Å²) in [5.74, 6) is -3.42. The van der Waals surface area contributed by atoms with Gasteiger partial charge in [0.1, 0.15) is 10.8 Å². The molecule has 0 saturated heterocycles. The summed E-state index contributed by atoms with van der Waals surface area (Å²) in [4.78, 5) is 24.0. The highest BCUT2D eigenvalue weighted by atomic mass is 32.2. The molecular weight excluding hydrogens is 306 g/mol. The van der Waals surface area contributed by atoms with Crippen molar-refractivity contribution in [1.29, 1.82) is 0 Å². The Morgan fingerprint density at radius 1 is 1.33 bits per heavy atom. The number of nitro benzene ring substituents is 1. The first kappa shape index (κ1) is 14.9. The standard InChI is InChI=1S/C12H6F2N2O4S/c13-7-3-8(14)11(16(19)20)9(4-7)21-10-2-1-6(5-15-10)12(17)18/h1-5H,(H,17,18). The molecule has 1 heterocycles. The third-order valence-corrected chi connectivity index (χ3v) is 3.36. The zero-order valence-electron chi connectivity index (χ0n) is 10.1. The molecule has 108 valence electrons. The molecule has 0 aliphatic heterocycles. The maximum atomic E-state index is 13.4. The van der Waals surface area contributed by atoms with Crippen LogP contribution in [0.25, 0.3) is 0 Å². The minimum absolute atomic E-state index is 0.0701. The summed E-state index contributed by atoms with van der Waals surface area (Å²) in [6.07, 6.45) is 1.05. The number of aromatic nitrogens is 1. The van der Waals surface area contributed by atoms with Crippen molar-refractivity contribution in [2.75, 3.05) is 0 Å². The van der Waals surface area contributed by atoms with Gasteiger partial charge >= 0.3 is 11.7 Å². The van der Waals surface area contributed by atoms with Crippen molar-refractivity contribution >= 4 is 23.4 Å². The van der Waals surface area contributed by atoms with Gasteiger partial charge in [-0.1, -0.05) is 11.8 Å². The fourth-order valence-corrected chi connectivity index (χ4v) is 2.38. The van der Waals surface area contributed by atoms with Crippen LogP contribution in [-0.2, 0) is 0 Å². The molecule has 0 aliphatic carbocycles. The molecule has 0 unspecified atom stereocenters. The number of hydrogen-bond acceptors (Lipinski definition) is 5. The van der Waals surface area contributed by atoms with E-state index in [-0.39, 0.29) is 15.5 Å². The molecule has 0 atom stereocenters. The third-order valence-electron chi connectivity index (χ3n) is 2.37. The maximum absolute atomic E-state index is 13.4. The quantitative estimate of drug-likeness (QED) is 0.688. The number of rotatable bonds is 4. The minimum Gasteiger partial charge on any atom is -0.478 e. The van der Waals surface area contributed by atoms with Crippen LogP contribution in [0.15, 0.2) is 40.4 Å². The number of carboxylic acid groups (broad SMARTS) is 1. The van der Waals surface area contributed by atoms with Gasteiger partial charge in [0.05, 0.1) is 15.4 Å². The normalized spacial score (nSPS) is 10.4. The van der Waals surface area contributed by atoms with E-state index in [9.17, 15) is 23.7 Å². The van der Waals surface area contributed by atoms with Gasteiger partial charge in [-0.3, -0.25) is 10.1 Å². The SMILES string of the molecule is O=C(O)c1ccc(Sc2cc(F)cc(F)c2[N+](=O)[O-])nc1. The van der Waals surface area contributed by atoms with Gasteiger partial charge in [0.15, 0.2) is 0 Å². The lowest BCUT2D eigenvalue weighted by Gasteiger charge is -2.04. The largest absolute Gasteiger partial charge is 0.478 e. The van der Waals surface area contributed by atoms with Crippen LogP contribution in [0.1, 0.15) is 10.4 Å². The summed E-state index contributed by atoms with van der Waals surface area (Å²) >= 11 is 0.666. The number of hydrogen-bond donors (Lipinski definition) is 1. The van der Waals surface area contributed by atoms with Crippen LogP contribution in [0, 0.1) is 21.7 Å². The first-order chi connectivity index (χ1) is 9.88. The molecule has 21 heavy (non-hydrogen) atoms. The molecule has 0 radical (unpaired) electrons. The van der Waals surface area contributed by atoms with Gasteiger partial charge in [-0.25, -0.2) is 14.2 Å². The molecule has 0 fully saturated rings. The van der Waals surface area contributed by atoms with Gasteiger partial charge in [-0.2, -0.15) is 4.39 Å². The van der Waals surface area contributed by atoms with Crippen molar-refractivity contribution in [3.63, 3.8) is 0 Å². The second-order valence-electron chi connectivity index (χ2n) is 3.78. The van der Waals surface area contributed by atoms with Gasteiger partial charge in [0.2, 0.25) is 5.82 Å². The molecule has 2 aromatic rings. The average molecular weight is 312 g/mol. The van der Waals surface area contributed by atoms with Crippen molar-refractivity contribution in [2.45, 2.75) is 9.92 Å². The minimum atomic E-state index is -1.29. The van der Waals surface area contributed by atoms with Crippen molar-refractivity contribution in [1.82, 2.24) is 4.98 Å². The van der Waals surface area contributed by atoms with Gasteiger partial charge in [0, 0.05) is 12.3 Å². The molecule has 0 bridgehead atoms. The number of carbonyl (C=O) groups is 1. The van der Waals surface area contributed by atoms with E-state index in [1.165, 1.54) is 12.1 Å². The highest BCUT2D eigenvalue weighted by molar-refractivity contribution is 7.99. The van der Waals surface area contributed by atoms with E-state index in [2.05, 4.69) is 4.98 Å². The number of nitro groups is 1. The molecule has 9 heteroatoms. The molecule has 0 aliphatic rings. The number of pyridine rings is 1. The second kappa shape index (κ2) is 5.83. The molecule has 6 nitrogen and oxygen atoms in total. The van der Waals surface area contributed by atoms with E-state index in [1.54, 1.807) is 0 Å². The first-order valence-electron chi connectivity index (χ1n) is 5.39. The predicted molar refractivity (Wildman–Crippen MR) is 68.3 cm³/mol. The first-order valence-corrected chi connectivity index (χ1v) is 6.21. The van der Waals surface area contributed by atoms with Crippen molar-refractivity contribution < 1.29 is 23.6 Å². The van der Waals surface area contributed by atoms with Crippen LogP contribution in [0.4, 0.5) is 14.5 Å². The molecule has 1 aromatic carbocycles. The topological polar surface area (TPSA) is 93.3 Å². The van der Waals surface area contributed by atoms with Gasteiger partial charge < -0.3 is 5.11 Å². The van der Waals surface area contributed by atoms with Crippen LogP contribution in [-0.4, -0.2) is 21.0 Å². The smallest absolute Gasteiger partial charge is 0.337 e. The average Bonchev–Trinajstić information content (AvgIpc) is 2.37. The fraction of sp³-hybridized carbons (Fsp3) is 0. The van der Waals surface area contributed by atoms with Crippen LogP contribution >= 0.6 is 11.8 Å². The third kappa shape index (κ3) is 3.31. The highest BCUT2D eigenvalue weighted by Gasteiger charge is 2.23. The maximum Gasteiger partial charge on any atom is 0.337 e. The Hall–Kier alpha value is -2.55. The fourth-order valence-electron chi connectivity index (χ4n) is 1.48. The summed E-state index contributed by atoms with van der Waals surface area (Å²) < 4.78 is 26.6. The van der Waals surface area contributed by atoms with E-state index in [1.807, 2.05) is 0 Å². The van der Waals surface area contributed by atoms with E-state index in [0.717, 1.165) is 12.3 Å². The summed E-state index contributed by atoms with van der Waals surface area (Å²) in [6, 6.07) is 3.77. The Bertz CT molecular complexity index is 722. The Labute approximate surface area is 120 Å². The molecular formula is C12H6F2N2O4S. The number of aromatic carboxylic acids is 1. The number of halogens is 2. The van der Waals surface area contributed by atoms with Crippen molar-refractivity contribution in [2.24, 2.45) is 0 Å². The van der Waals surface area contributed by atoms with Crippen molar-refractivity contribution in [3.8, 4) is 0 Å². The van der Waals surface area contributed by atoms with Gasteiger partial charge in [-0.05, 0) is 18.2 Å². The Morgan fingerprint density at radius 2 is 2.05 bits per heavy atom. The van der Waals surface area contributed by atoms with Crippen LogP contribution in [0.2, 0.25) is 0 Å². The number of benzene rings is 1. The molecule has 0 amide bonds. The Morgan fingerprint density at radius 3 is 2.57 bits per heavy atom. The predicted octanol–water partition coefficient (Wildman–Crippen LogP) is 3.12. The van der Waals surface area contributed by atoms with Crippen LogP contribution in [0.5, 0.6) is 0 Å². The van der Waals surface area contributed by atoms with Gasteiger partial charge in [0.25, 0.3) is 0 Å². The van der Waals surface area contributed by atoms with Crippen LogP contribution < -0.4 is 0 Å². The lowest BCUT2D eigenvalue weighted by Crippen LogP contribution is -1.98. The second-order valence-corrected chi connectivity index (χ2v) is 4.85. The van der Waals surface area contributed by atoms with E-state index < -0.39 is 28.2 Å². The summed E-state index contributed by atoms with van der Waals surface area (Å²) in [5, 5.41) is 19.7. The van der Waals surface area contributed by atoms with Crippen molar-refractivity contribution in [3.05, 3.63) is 57.8 Å². The monoisotopic (exact) mass is 312 g/mol. The summed E-state index contributed by atoms with van der Waals surface area (Å²) in [5.41, 5.74) is -0.926. The Kier molecular flexibility index (Phi) is 4.13. The van der Waals surface area contributed by atoms with Crippen LogP contribution in [0.3, 0.4) is 0 Å². The van der Waals surface area contributed by atoms with Gasteiger partial charge in [-0.15, -0.1) is 0 Å². The van der Waals surface area contributed by atoms with E-state index in [4.69, 9.17) is 5.11 Å².